The highest BCUT2D eigenvalue weighted by Gasteiger charge is 2.13. The molecule has 1 unspecified atom stereocenters. The second-order valence-corrected chi connectivity index (χ2v) is 5.86. The normalized spacial score (nSPS) is 12.7. The van der Waals surface area contributed by atoms with Gasteiger partial charge in [-0.25, -0.2) is 9.37 Å². The Bertz CT molecular complexity index is 527. The lowest BCUT2D eigenvalue weighted by atomic mass is 10.1. The van der Waals surface area contributed by atoms with E-state index in [-0.39, 0.29) is 11.9 Å². The molecular weight excluding hydrogens is 303 g/mol. The van der Waals surface area contributed by atoms with Crippen LogP contribution in [0.2, 0.25) is 0 Å². The molecule has 0 fully saturated rings. The number of hydrogen-bond acceptors (Lipinski definition) is 3. The summed E-state index contributed by atoms with van der Waals surface area (Å²) < 4.78 is 13.8. The van der Waals surface area contributed by atoms with Crippen LogP contribution < -0.4 is 5.73 Å². The predicted octanol–water partition coefficient (Wildman–Crippen LogP) is 3.60. The van der Waals surface area contributed by atoms with Crippen LogP contribution in [0.3, 0.4) is 0 Å². The number of rotatable bonds is 3. The van der Waals surface area contributed by atoms with Crippen LogP contribution in [-0.2, 0) is 6.42 Å². The van der Waals surface area contributed by atoms with Gasteiger partial charge in [-0.05, 0) is 40.9 Å². The van der Waals surface area contributed by atoms with Crippen LogP contribution >= 0.6 is 27.3 Å². The summed E-state index contributed by atoms with van der Waals surface area (Å²) >= 11 is 4.82. The topological polar surface area (TPSA) is 38.9 Å². The third kappa shape index (κ3) is 2.91. The third-order valence-corrected chi connectivity index (χ3v) is 4.41. The van der Waals surface area contributed by atoms with E-state index < -0.39 is 0 Å². The van der Waals surface area contributed by atoms with Crippen molar-refractivity contribution in [2.24, 2.45) is 5.73 Å². The van der Waals surface area contributed by atoms with Crippen LogP contribution in [0.15, 0.2) is 28.9 Å². The van der Waals surface area contributed by atoms with Gasteiger partial charge in [0, 0.05) is 17.1 Å². The van der Waals surface area contributed by atoms with Gasteiger partial charge in [-0.15, -0.1) is 11.3 Å². The van der Waals surface area contributed by atoms with Gasteiger partial charge in [-0.3, -0.25) is 0 Å². The van der Waals surface area contributed by atoms with Gasteiger partial charge in [0.15, 0.2) is 0 Å². The highest BCUT2D eigenvalue weighted by molar-refractivity contribution is 9.10. The zero-order valence-corrected chi connectivity index (χ0v) is 11.7. The molecule has 0 amide bonds. The Labute approximate surface area is 112 Å². The molecule has 2 nitrogen and oxygen atoms in total. The van der Waals surface area contributed by atoms with E-state index >= 15 is 0 Å². The van der Waals surface area contributed by atoms with E-state index in [9.17, 15) is 4.39 Å². The molecule has 0 saturated carbocycles. The van der Waals surface area contributed by atoms with Crippen molar-refractivity contribution in [3.05, 3.63) is 50.1 Å². The molecule has 0 saturated heterocycles. The summed E-state index contributed by atoms with van der Waals surface area (Å²) in [7, 11) is 0. The second-order valence-electron chi connectivity index (χ2n) is 3.81. The lowest BCUT2D eigenvalue weighted by Crippen LogP contribution is -2.12. The lowest BCUT2D eigenvalue weighted by Gasteiger charge is -2.10. The van der Waals surface area contributed by atoms with Gasteiger partial charge in [0.05, 0.1) is 9.48 Å². The molecule has 2 N–H and O–H groups in total. The number of aryl methyl sites for hydroxylation is 1. The first-order chi connectivity index (χ1) is 8.08. The first kappa shape index (κ1) is 12.7. The number of nitrogens with zero attached hydrogens (tertiary/aromatic N) is 1. The molecule has 0 bridgehead atoms. The Morgan fingerprint density at radius 3 is 2.94 bits per heavy atom. The number of nitrogens with two attached hydrogens (primary N) is 1. The van der Waals surface area contributed by atoms with Crippen LogP contribution in [0.5, 0.6) is 0 Å². The molecule has 1 heterocycles. The van der Waals surface area contributed by atoms with Gasteiger partial charge in [0.25, 0.3) is 0 Å². The second kappa shape index (κ2) is 5.25. The molecule has 0 aliphatic heterocycles. The molecule has 0 aliphatic rings. The Morgan fingerprint density at radius 1 is 1.53 bits per heavy atom. The van der Waals surface area contributed by atoms with Crippen molar-refractivity contribution in [1.29, 1.82) is 0 Å². The minimum absolute atomic E-state index is 0.140. The van der Waals surface area contributed by atoms with Gasteiger partial charge >= 0.3 is 0 Å². The maximum absolute atomic E-state index is 13.3. The Kier molecular flexibility index (Phi) is 3.91. The maximum atomic E-state index is 13.3. The van der Waals surface area contributed by atoms with Gasteiger partial charge < -0.3 is 5.73 Å². The van der Waals surface area contributed by atoms with Gasteiger partial charge in [0.1, 0.15) is 5.82 Å². The highest BCUT2D eigenvalue weighted by Crippen LogP contribution is 2.27. The van der Waals surface area contributed by atoms with Crippen LogP contribution in [0.25, 0.3) is 0 Å². The molecule has 2 aromatic rings. The molecule has 1 aromatic carbocycles. The molecule has 2 rings (SSSR count). The standard InChI is InChI=1S/C12H12BrFN2S/c1-7-16-6-11(17-7)10(15)5-8-3-2-4-9(14)12(8)13/h2-4,6,10H,5,15H2,1H3. The molecule has 1 atom stereocenters. The number of hydrogen-bond donors (Lipinski definition) is 1. The first-order valence-corrected chi connectivity index (χ1v) is 6.79. The maximum Gasteiger partial charge on any atom is 0.137 e. The van der Waals surface area contributed by atoms with Crippen molar-refractivity contribution in [3.8, 4) is 0 Å². The summed E-state index contributed by atoms with van der Waals surface area (Å²) in [5.41, 5.74) is 6.96. The third-order valence-electron chi connectivity index (χ3n) is 2.48. The van der Waals surface area contributed by atoms with Gasteiger partial charge in [-0.1, -0.05) is 12.1 Å². The fraction of sp³-hybridized carbons (Fsp3) is 0.250. The van der Waals surface area contributed by atoms with Crippen molar-refractivity contribution in [1.82, 2.24) is 4.98 Å². The van der Waals surface area contributed by atoms with Gasteiger partial charge in [-0.2, -0.15) is 0 Å². The summed E-state index contributed by atoms with van der Waals surface area (Å²) in [6.07, 6.45) is 2.39. The summed E-state index contributed by atoms with van der Waals surface area (Å²) in [5.74, 6) is -0.254. The largest absolute Gasteiger partial charge is 0.323 e. The van der Waals surface area contributed by atoms with Crippen molar-refractivity contribution in [2.75, 3.05) is 0 Å². The fourth-order valence-electron chi connectivity index (χ4n) is 1.59. The predicted molar refractivity (Wildman–Crippen MR) is 71.6 cm³/mol. The van der Waals surface area contributed by atoms with E-state index in [0.29, 0.717) is 10.9 Å². The van der Waals surface area contributed by atoms with E-state index in [1.807, 2.05) is 13.0 Å². The Balaban J connectivity index is 2.18. The van der Waals surface area contributed by atoms with Crippen molar-refractivity contribution in [2.45, 2.75) is 19.4 Å². The Morgan fingerprint density at radius 2 is 2.29 bits per heavy atom. The molecule has 5 heteroatoms. The average molecular weight is 315 g/mol. The molecule has 0 radical (unpaired) electrons. The summed E-state index contributed by atoms with van der Waals surface area (Å²) in [6, 6.07) is 4.86. The number of thiazole rings is 1. The monoisotopic (exact) mass is 314 g/mol. The SMILES string of the molecule is Cc1ncc(C(N)Cc2cccc(F)c2Br)s1. The molecule has 90 valence electrons. The fourth-order valence-corrected chi connectivity index (χ4v) is 2.81. The van der Waals surface area contributed by atoms with E-state index in [0.717, 1.165) is 15.4 Å². The summed E-state index contributed by atoms with van der Waals surface area (Å²) in [6.45, 7) is 1.94. The molecule has 0 spiro atoms. The summed E-state index contributed by atoms with van der Waals surface area (Å²) in [5, 5.41) is 0.994. The number of benzene rings is 1. The zero-order chi connectivity index (χ0) is 12.4. The molecule has 0 aliphatic carbocycles. The number of halogens is 2. The van der Waals surface area contributed by atoms with Gasteiger partial charge in [0.2, 0.25) is 0 Å². The van der Waals surface area contributed by atoms with Crippen molar-refractivity contribution >= 4 is 27.3 Å². The average Bonchev–Trinajstić information content (AvgIpc) is 2.72. The smallest absolute Gasteiger partial charge is 0.137 e. The van der Waals surface area contributed by atoms with E-state index in [1.165, 1.54) is 6.07 Å². The van der Waals surface area contributed by atoms with Crippen LogP contribution in [-0.4, -0.2) is 4.98 Å². The number of aromatic nitrogens is 1. The molecular formula is C12H12BrFN2S. The van der Waals surface area contributed by atoms with Crippen LogP contribution in [0, 0.1) is 12.7 Å². The minimum Gasteiger partial charge on any atom is -0.323 e. The van der Waals surface area contributed by atoms with E-state index in [4.69, 9.17) is 5.73 Å². The van der Waals surface area contributed by atoms with Crippen molar-refractivity contribution < 1.29 is 4.39 Å². The zero-order valence-electron chi connectivity index (χ0n) is 9.28. The first-order valence-electron chi connectivity index (χ1n) is 5.18. The van der Waals surface area contributed by atoms with Crippen molar-refractivity contribution in [3.63, 3.8) is 0 Å². The molecule has 1 aromatic heterocycles. The van der Waals surface area contributed by atoms with E-state index in [2.05, 4.69) is 20.9 Å². The Hall–Kier alpha value is -0.780. The quantitative estimate of drug-likeness (QED) is 0.940. The van der Waals surface area contributed by atoms with Crippen LogP contribution in [0.4, 0.5) is 4.39 Å². The van der Waals surface area contributed by atoms with Crippen LogP contribution in [0.1, 0.15) is 21.5 Å². The lowest BCUT2D eigenvalue weighted by molar-refractivity contribution is 0.614. The minimum atomic E-state index is -0.254. The molecule has 17 heavy (non-hydrogen) atoms. The summed E-state index contributed by atoms with van der Waals surface area (Å²) in [4.78, 5) is 5.20. The highest BCUT2D eigenvalue weighted by atomic mass is 79.9. The van der Waals surface area contributed by atoms with E-state index in [1.54, 1.807) is 23.6 Å².